The van der Waals surface area contributed by atoms with E-state index in [2.05, 4.69) is 42.4 Å². The highest BCUT2D eigenvalue weighted by molar-refractivity contribution is 5.82. The molecule has 0 unspecified atom stereocenters. The number of nitrogens with one attached hydrogen (secondary N) is 3. The molecule has 2 aromatic heterocycles. The van der Waals surface area contributed by atoms with E-state index in [1.54, 1.807) is 12.3 Å². The molecule has 170 valence electrons. The summed E-state index contributed by atoms with van der Waals surface area (Å²) in [5.41, 5.74) is 2.74. The largest absolute Gasteiger partial charge is 0.438 e. The topological polar surface area (TPSA) is 81.3 Å². The first-order valence-electron chi connectivity index (χ1n) is 10.9. The van der Waals surface area contributed by atoms with Crippen LogP contribution in [0, 0.1) is 5.82 Å². The highest BCUT2D eigenvalue weighted by Gasteiger charge is 2.18. The number of hydrogen-bond donors (Lipinski definition) is 3. The van der Waals surface area contributed by atoms with E-state index in [0.29, 0.717) is 34.6 Å². The van der Waals surface area contributed by atoms with E-state index in [1.165, 1.54) is 6.07 Å². The van der Waals surface area contributed by atoms with Crippen LogP contribution in [0.5, 0.6) is 11.6 Å². The Hall–Kier alpha value is -3.85. The van der Waals surface area contributed by atoms with Gasteiger partial charge in [-0.2, -0.15) is 9.97 Å². The van der Waals surface area contributed by atoms with Crippen LogP contribution in [0.4, 0.5) is 27.4 Å². The van der Waals surface area contributed by atoms with Crippen molar-refractivity contribution in [1.82, 2.24) is 19.9 Å². The van der Waals surface area contributed by atoms with Crippen LogP contribution in [0.25, 0.3) is 11.0 Å². The predicted octanol–water partition coefficient (Wildman–Crippen LogP) is 4.43. The molecule has 9 heteroatoms. The molecule has 33 heavy (non-hydrogen) atoms. The third-order valence-electron chi connectivity index (χ3n) is 5.77. The number of fused-ring (bicyclic) bond motifs is 1. The maximum Gasteiger partial charge on any atom is 0.233 e. The van der Waals surface area contributed by atoms with E-state index in [4.69, 9.17) is 4.74 Å². The van der Waals surface area contributed by atoms with E-state index in [0.717, 1.165) is 37.3 Å². The van der Waals surface area contributed by atoms with Crippen molar-refractivity contribution in [3.8, 4) is 11.6 Å². The molecular formula is C24H26FN7O. The van der Waals surface area contributed by atoms with Crippen molar-refractivity contribution in [1.29, 1.82) is 0 Å². The van der Waals surface area contributed by atoms with Crippen LogP contribution >= 0.6 is 0 Å². The van der Waals surface area contributed by atoms with E-state index in [1.807, 2.05) is 43.4 Å². The summed E-state index contributed by atoms with van der Waals surface area (Å²) in [6, 6.07) is 14.6. The van der Waals surface area contributed by atoms with Gasteiger partial charge in [-0.1, -0.05) is 6.07 Å². The van der Waals surface area contributed by atoms with Crippen molar-refractivity contribution >= 4 is 34.0 Å². The Morgan fingerprint density at radius 3 is 2.64 bits per heavy atom. The number of aromatic nitrogens is 3. The zero-order valence-corrected chi connectivity index (χ0v) is 18.6. The number of halogens is 1. The minimum atomic E-state index is -0.272. The fraction of sp³-hybridized carbons (Fsp3) is 0.250. The molecule has 0 saturated carbocycles. The summed E-state index contributed by atoms with van der Waals surface area (Å²) in [5, 5.41) is 6.96. The first kappa shape index (κ1) is 21.0. The third-order valence-corrected chi connectivity index (χ3v) is 5.77. The number of ether oxygens (including phenoxy) is 1. The summed E-state index contributed by atoms with van der Waals surface area (Å²) in [6.07, 6.45) is 1.78. The first-order chi connectivity index (χ1) is 16.1. The SMILES string of the molecule is CNc1cccc(Oc2nc(Nc3ccc(N4CCN(C)CC4)c(F)c3)nc3[nH]ccc23)c1. The molecule has 1 fully saturated rings. The average Bonchev–Trinajstić information content (AvgIpc) is 3.29. The van der Waals surface area contributed by atoms with Crippen LogP contribution in [0.2, 0.25) is 0 Å². The summed E-state index contributed by atoms with van der Waals surface area (Å²) in [5.74, 6) is 1.10. The van der Waals surface area contributed by atoms with Gasteiger partial charge in [0.1, 0.15) is 17.2 Å². The molecule has 0 radical (unpaired) electrons. The average molecular weight is 448 g/mol. The van der Waals surface area contributed by atoms with Crippen LogP contribution in [0.3, 0.4) is 0 Å². The normalized spacial score (nSPS) is 14.5. The van der Waals surface area contributed by atoms with Gasteiger partial charge >= 0.3 is 0 Å². The Balaban J connectivity index is 1.39. The van der Waals surface area contributed by atoms with Crippen molar-refractivity contribution in [3.05, 3.63) is 60.5 Å². The monoisotopic (exact) mass is 447 g/mol. The molecule has 4 aromatic rings. The molecule has 8 nitrogen and oxygen atoms in total. The number of anilines is 4. The van der Waals surface area contributed by atoms with Crippen molar-refractivity contribution in [2.24, 2.45) is 0 Å². The Labute approximate surface area is 191 Å². The fourth-order valence-electron chi connectivity index (χ4n) is 3.89. The summed E-state index contributed by atoms with van der Waals surface area (Å²) in [6.45, 7) is 3.46. The van der Waals surface area contributed by atoms with Crippen LogP contribution in [0.15, 0.2) is 54.7 Å². The van der Waals surface area contributed by atoms with Gasteiger partial charge in [-0.05, 0) is 43.4 Å². The Morgan fingerprint density at radius 1 is 1.00 bits per heavy atom. The van der Waals surface area contributed by atoms with Crippen LogP contribution < -0.4 is 20.3 Å². The molecule has 1 aliphatic rings. The first-order valence-corrected chi connectivity index (χ1v) is 10.9. The molecule has 1 saturated heterocycles. The second-order valence-electron chi connectivity index (χ2n) is 8.05. The lowest BCUT2D eigenvalue weighted by molar-refractivity contribution is 0.311. The molecule has 0 bridgehead atoms. The van der Waals surface area contributed by atoms with Gasteiger partial charge in [0, 0.05) is 56.9 Å². The van der Waals surface area contributed by atoms with Gasteiger partial charge in [-0.15, -0.1) is 0 Å². The van der Waals surface area contributed by atoms with Crippen LogP contribution in [-0.4, -0.2) is 60.1 Å². The van der Waals surface area contributed by atoms with Crippen molar-refractivity contribution in [3.63, 3.8) is 0 Å². The van der Waals surface area contributed by atoms with Gasteiger partial charge < -0.3 is 30.2 Å². The molecular weight excluding hydrogens is 421 g/mol. The standard InChI is InChI=1S/C24H26FN7O/c1-26-16-4-3-5-18(14-16)33-23-19-8-9-27-22(19)29-24(30-23)28-17-6-7-21(20(25)15-17)32-12-10-31(2)11-13-32/h3-9,14-15,26H,10-13H2,1-2H3,(H2,27,28,29,30). The van der Waals surface area contributed by atoms with Gasteiger partial charge in [-0.25, -0.2) is 4.39 Å². The number of piperazine rings is 1. The van der Waals surface area contributed by atoms with Crippen molar-refractivity contribution in [2.45, 2.75) is 0 Å². The highest BCUT2D eigenvalue weighted by Crippen LogP contribution is 2.31. The predicted molar refractivity (Wildman–Crippen MR) is 129 cm³/mol. The molecule has 5 rings (SSSR count). The summed E-state index contributed by atoms with van der Waals surface area (Å²) >= 11 is 0. The number of aromatic amines is 1. The number of hydrogen-bond acceptors (Lipinski definition) is 7. The maximum absolute atomic E-state index is 14.9. The summed E-state index contributed by atoms with van der Waals surface area (Å²) < 4.78 is 21.0. The highest BCUT2D eigenvalue weighted by atomic mass is 19.1. The minimum Gasteiger partial charge on any atom is -0.438 e. The summed E-state index contributed by atoms with van der Waals surface area (Å²) in [4.78, 5) is 16.5. The van der Waals surface area contributed by atoms with Gasteiger partial charge in [0.15, 0.2) is 0 Å². The Bertz CT molecular complexity index is 1270. The number of likely N-dealkylation sites (N-methyl/N-ethyl adjacent to an activating group) is 1. The Kier molecular flexibility index (Phi) is 5.70. The molecule has 0 atom stereocenters. The van der Waals surface area contributed by atoms with E-state index < -0.39 is 0 Å². The second kappa shape index (κ2) is 8.95. The quantitative estimate of drug-likeness (QED) is 0.404. The molecule has 3 N–H and O–H groups in total. The lowest BCUT2D eigenvalue weighted by atomic mass is 10.2. The molecule has 0 amide bonds. The van der Waals surface area contributed by atoms with Crippen molar-refractivity contribution in [2.75, 3.05) is 55.8 Å². The Morgan fingerprint density at radius 2 is 1.85 bits per heavy atom. The number of benzene rings is 2. The number of H-pyrrole nitrogens is 1. The van der Waals surface area contributed by atoms with Gasteiger partial charge in [-0.3, -0.25) is 0 Å². The number of nitrogens with zero attached hydrogens (tertiary/aromatic N) is 4. The fourth-order valence-corrected chi connectivity index (χ4v) is 3.89. The zero-order valence-electron chi connectivity index (χ0n) is 18.6. The van der Waals surface area contributed by atoms with Crippen LogP contribution in [-0.2, 0) is 0 Å². The lowest BCUT2D eigenvalue weighted by Gasteiger charge is -2.34. The van der Waals surface area contributed by atoms with Gasteiger partial charge in [0.05, 0.1) is 11.1 Å². The minimum absolute atomic E-state index is 0.272. The van der Waals surface area contributed by atoms with Crippen molar-refractivity contribution < 1.29 is 9.13 Å². The van der Waals surface area contributed by atoms with Crippen LogP contribution in [0.1, 0.15) is 0 Å². The molecule has 1 aliphatic heterocycles. The molecule has 3 heterocycles. The summed E-state index contributed by atoms with van der Waals surface area (Å²) in [7, 11) is 3.93. The third kappa shape index (κ3) is 4.54. The molecule has 0 spiro atoms. The van der Waals surface area contributed by atoms with Gasteiger partial charge in [0.2, 0.25) is 11.8 Å². The molecule has 2 aromatic carbocycles. The van der Waals surface area contributed by atoms with Gasteiger partial charge in [0.25, 0.3) is 0 Å². The molecule has 0 aliphatic carbocycles. The smallest absolute Gasteiger partial charge is 0.233 e. The lowest BCUT2D eigenvalue weighted by Crippen LogP contribution is -2.44. The van der Waals surface area contributed by atoms with E-state index in [9.17, 15) is 4.39 Å². The number of rotatable bonds is 6. The van der Waals surface area contributed by atoms with E-state index in [-0.39, 0.29) is 5.82 Å². The maximum atomic E-state index is 14.9. The second-order valence-corrected chi connectivity index (χ2v) is 8.05. The zero-order chi connectivity index (χ0) is 22.8. The van der Waals surface area contributed by atoms with E-state index >= 15 is 0 Å².